The average Bonchev–Trinajstić information content (AvgIpc) is 1.02. The molecule has 0 spiro atoms. The van der Waals surface area contributed by atoms with Crippen LogP contribution in [0.15, 0.2) is 97.1 Å². The summed E-state index contributed by atoms with van der Waals surface area (Å²) in [6.45, 7) is 20.6. The fourth-order valence-electron chi connectivity index (χ4n) is 6.60. The molecule has 0 saturated heterocycles. The Bertz CT molecular complexity index is 2840. The van der Waals surface area contributed by atoms with E-state index in [0.29, 0.717) is 71.4 Å². The number of rotatable bonds is 26. The van der Waals surface area contributed by atoms with Gasteiger partial charge in [0.25, 0.3) is 18.3 Å². The summed E-state index contributed by atoms with van der Waals surface area (Å²) in [5, 5.41) is 29.4. The third-order valence-corrected chi connectivity index (χ3v) is 11.9. The van der Waals surface area contributed by atoms with E-state index >= 15 is 0 Å². The van der Waals surface area contributed by atoms with Gasteiger partial charge in [-0.15, -0.1) is 0 Å². The zero-order valence-electron chi connectivity index (χ0n) is 56.1. The second-order valence-corrected chi connectivity index (χ2v) is 22.7. The second-order valence-electron chi connectivity index (χ2n) is 21.6. The quantitative estimate of drug-likeness (QED) is 0.0113. The zero-order valence-corrected chi connectivity index (χ0v) is 68.9. The largest absolute Gasteiger partial charge is 1.00 e. The molecule has 23 nitrogen and oxygen atoms in total. The number of amides is 4. The minimum Gasteiger partial charge on any atom is -1.00 e. The molecule has 2 unspecified atom stereocenters. The van der Waals surface area contributed by atoms with Crippen molar-refractivity contribution in [3.63, 3.8) is 0 Å². The van der Waals surface area contributed by atoms with Crippen molar-refractivity contribution in [1.29, 1.82) is 0 Å². The van der Waals surface area contributed by atoms with Gasteiger partial charge in [0.1, 0.15) is 22.7 Å². The predicted molar refractivity (Wildman–Crippen MR) is 330 cm³/mol. The maximum Gasteiger partial charge on any atom is 1.00 e. The molecule has 0 aromatic heterocycles. The monoisotopic (exact) mass is 1580 g/mol. The molecule has 91 heavy (non-hydrogen) atoms. The van der Waals surface area contributed by atoms with E-state index in [1.54, 1.807) is 121 Å². The number of nitrogens with one attached hydrogen (secondary N) is 4. The van der Waals surface area contributed by atoms with Crippen molar-refractivity contribution in [3.05, 3.63) is 129 Å². The van der Waals surface area contributed by atoms with Crippen molar-refractivity contribution in [2.24, 2.45) is 11.8 Å². The smallest absolute Gasteiger partial charge is 1.00 e. The molecule has 0 aliphatic heterocycles. The van der Waals surface area contributed by atoms with Crippen molar-refractivity contribution in [2.45, 2.75) is 131 Å². The van der Waals surface area contributed by atoms with Crippen LogP contribution < -0.4 is 174 Å². The zero-order chi connectivity index (χ0) is 68.7. The van der Waals surface area contributed by atoms with Gasteiger partial charge < -0.3 is 71.1 Å². The number of alkyl halides is 2. The molecule has 0 fully saturated rings. The molecule has 496 valence electrons. The SMILES string of the molecule is CC(C)(Oc1ccc(CCNC(=O)c2ccc(Cl)cc2)cc1)C(=O)O.CCC(CNC(=O)OC(C)(C)C)C(=O)OCCl.CCC(CNC(=O)OC(C)(C)C)C(=O)OCOC(=O)C(C)(C)Oc1ccc(CCNC(=O)c2ccc(Cl)cc2)cc1.O=CO[O-].[2H]CF.[Cs+].[Cs+].[H-]. The van der Waals surface area contributed by atoms with Gasteiger partial charge in [0.2, 0.25) is 6.79 Å². The van der Waals surface area contributed by atoms with Gasteiger partial charge in [0, 0.05) is 47.4 Å². The molecule has 29 heteroatoms. The fraction of sp³-hybridized carbons (Fsp3) is 0.468. The number of carbonyl (C=O) groups is 9. The number of halogens is 4. The number of carbonyl (C=O) groups excluding carboxylic acids is 8. The topological polar surface area (TPSA) is 319 Å². The first kappa shape index (κ1) is 89.2. The summed E-state index contributed by atoms with van der Waals surface area (Å²) in [6, 6.07) is 27.4. The van der Waals surface area contributed by atoms with Crippen molar-refractivity contribution in [1.82, 2.24) is 21.3 Å². The van der Waals surface area contributed by atoms with Crippen LogP contribution >= 0.6 is 34.8 Å². The van der Waals surface area contributed by atoms with Crippen LogP contribution in [0.2, 0.25) is 10.0 Å². The van der Waals surface area contributed by atoms with Gasteiger partial charge in [0.15, 0.2) is 17.3 Å². The second kappa shape index (κ2) is 48.8. The maximum absolute atomic E-state index is 12.6. The first-order valence-electron chi connectivity index (χ1n) is 28.3. The van der Waals surface area contributed by atoms with Crippen LogP contribution in [0.3, 0.4) is 0 Å². The molecular formula is C62H84Cl3Cs2FN4O19. The van der Waals surface area contributed by atoms with E-state index in [4.69, 9.17) is 79.8 Å². The van der Waals surface area contributed by atoms with Crippen molar-refractivity contribution in [2.75, 3.05) is 46.2 Å². The maximum atomic E-state index is 12.6. The van der Waals surface area contributed by atoms with E-state index in [0.717, 1.165) is 11.1 Å². The molecule has 0 aliphatic rings. The number of carboxylic acids is 1. The minimum absolute atomic E-state index is 0. The predicted octanol–water partition coefficient (Wildman–Crippen LogP) is 4.04. The fourth-order valence-corrected chi connectivity index (χ4v) is 6.96. The van der Waals surface area contributed by atoms with Crippen LogP contribution in [-0.4, -0.2) is 128 Å². The molecule has 5 N–H and O–H groups in total. The van der Waals surface area contributed by atoms with Crippen LogP contribution in [-0.2, 0) is 65.4 Å². The molecule has 4 aromatic rings. The molecular weight excluding hydrogens is 1500 g/mol. The number of hydrogen-bond acceptors (Lipinski definition) is 18. The number of esters is 3. The molecule has 4 rings (SSSR count). The Hall–Kier alpha value is -3.83. The van der Waals surface area contributed by atoms with E-state index in [1.165, 1.54) is 27.7 Å². The van der Waals surface area contributed by atoms with Crippen molar-refractivity contribution >= 4 is 89.2 Å². The Morgan fingerprint density at radius 2 is 0.934 bits per heavy atom. The number of ether oxygens (including phenoxy) is 7. The van der Waals surface area contributed by atoms with Crippen LogP contribution in [0.4, 0.5) is 14.0 Å². The number of benzene rings is 4. The number of hydrogen-bond donors (Lipinski definition) is 5. The van der Waals surface area contributed by atoms with Crippen molar-refractivity contribution < 1.29 is 237 Å². The Morgan fingerprint density at radius 3 is 1.24 bits per heavy atom. The summed E-state index contributed by atoms with van der Waals surface area (Å²) in [7, 11) is -1.00. The summed E-state index contributed by atoms with van der Waals surface area (Å²) in [5.74, 6) is -3.22. The Labute approximate surface area is 667 Å². The van der Waals surface area contributed by atoms with Crippen LogP contribution in [0, 0.1) is 11.8 Å². The van der Waals surface area contributed by atoms with Crippen LogP contribution in [0.1, 0.15) is 131 Å². The van der Waals surface area contributed by atoms with E-state index < -0.39 is 84.3 Å². The van der Waals surface area contributed by atoms with E-state index in [2.05, 4.69) is 30.9 Å². The Morgan fingerprint density at radius 1 is 0.593 bits per heavy atom. The van der Waals surface area contributed by atoms with Gasteiger partial charge in [-0.2, -0.15) is 0 Å². The van der Waals surface area contributed by atoms with Gasteiger partial charge in [-0.1, -0.05) is 72.9 Å². The Balaban J connectivity index is -0.000000648. The van der Waals surface area contributed by atoms with Crippen LogP contribution in [0.25, 0.3) is 0 Å². The molecule has 0 radical (unpaired) electrons. The van der Waals surface area contributed by atoms with Crippen LogP contribution in [0.5, 0.6) is 11.5 Å². The van der Waals surface area contributed by atoms with Gasteiger partial charge >= 0.3 is 174 Å². The minimum atomic E-state index is -1.36. The first-order chi connectivity index (χ1) is 42.1. The average molecular weight is 1580 g/mol. The van der Waals surface area contributed by atoms with Crippen molar-refractivity contribution in [3.8, 4) is 11.5 Å². The van der Waals surface area contributed by atoms with Gasteiger partial charge in [-0.25, -0.2) is 19.2 Å². The molecule has 0 bridgehead atoms. The normalized spacial score (nSPS) is 11.3. The summed E-state index contributed by atoms with van der Waals surface area (Å²) in [5.41, 5.74) is -0.787. The standard InChI is InChI=1S/C30H39ClN2O8.C19H20ClNO4.C11H20ClNO4.CH3F.CH2O3.2Cs.H/c1-7-21(18-33-28(37)41-29(2,3)4)26(35)38-19-39-27(36)30(5,6)40-24-14-8-20(9-15-24)16-17-32-25(34)22-10-12-23(31)13-11-22;1-19(2,18(23)24)25-16-9-3-13(4-10-16)11-12-21-17(22)14-5-7-15(20)8-6-14;1-5-8(9(14)16-7-12)6-13-10(15)17-11(2,3)4;1-2;2-1-4-3;;;/h8-15,21H,7,16-19H2,1-6H3,(H,32,34)(H,33,37);3-10H,11-12H2,1-2H3,(H,21,22)(H,23,24);8H,5-7H2,1-4H3,(H,13,15);1H3;1,3H;;;/q;;;;;2*+1;-1/p-1/i;;;1D;;;;. The molecule has 0 aliphatic carbocycles. The summed E-state index contributed by atoms with van der Waals surface area (Å²) in [4.78, 5) is 106. The first-order valence-corrected chi connectivity index (χ1v) is 28.8. The van der Waals surface area contributed by atoms with Gasteiger partial charge in [-0.05, 0) is 179 Å². The molecule has 4 amide bonds. The molecule has 0 heterocycles. The summed E-state index contributed by atoms with van der Waals surface area (Å²) in [6.07, 6.45) is 1.04. The van der Waals surface area contributed by atoms with Gasteiger partial charge in [-0.3, -0.25) is 28.4 Å². The third kappa shape index (κ3) is 42.3. The number of alkyl carbamates (subject to hydrolysis) is 2. The summed E-state index contributed by atoms with van der Waals surface area (Å²) >= 11 is 16.9. The summed E-state index contributed by atoms with van der Waals surface area (Å²) < 4.78 is 51.8. The molecule has 2 atom stereocenters. The molecule has 0 saturated carbocycles. The van der Waals surface area contributed by atoms with E-state index in [-0.39, 0.29) is 177 Å². The van der Waals surface area contributed by atoms with Gasteiger partial charge in [0.05, 0.1) is 20.4 Å². The third-order valence-electron chi connectivity index (χ3n) is 11.3. The number of aliphatic carboxylic acids is 1. The van der Waals surface area contributed by atoms with E-state index in [1.807, 2.05) is 31.2 Å². The number of carboxylic acid groups (broad SMARTS) is 1. The Kier molecular flexibility index (Phi) is 47.9. The van der Waals surface area contributed by atoms with E-state index in [9.17, 15) is 42.7 Å². The molecule has 4 aromatic carbocycles.